The van der Waals surface area contributed by atoms with Crippen LogP contribution < -0.4 is 20.4 Å². The number of aromatic nitrogens is 2. The number of carbonyl (C=O) groups is 1. The molecular weight excluding hydrogens is 443 g/mol. The van der Waals surface area contributed by atoms with Crippen LogP contribution in [0.3, 0.4) is 0 Å². The molecule has 9 heteroatoms. The second-order valence-corrected chi connectivity index (χ2v) is 11.5. The van der Waals surface area contributed by atoms with Crippen molar-refractivity contribution in [1.82, 2.24) is 9.97 Å². The Morgan fingerprint density at radius 2 is 1.66 bits per heavy atom. The highest BCUT2D eigenvalue weighted by atomic mass is 16.7. The van der Waals surface area contributed by atoms with E-state index in [4.69, 9.17) is 19.0 Å². The van der Waals surface area contributed by atoms with E-state index < -0.39 is 7.12 Å². The summed E-state index contributed by atoms with van der Waals surface area (Å²) in [6.45, 7) is 12.1. The smallest absolute Gasteiger partial charge is 0.481 e. The lowest BCUT2D eigenvalue weighted by Gasteiger charge is -2.32. The standard InChI is InChI=1S/C26H35BN4O4/c1-24(2)25(3,4)35-27(34-24)19-7-9-21(28-13-19)31-15-17-11-26(5,12-18(17)16-31)23(32)30-20-8-10-22(33-6)29-14-20/h7-10,13-14,17-18H,11-12,15-16H2,1-6H3,(H,30,32)/t17-,18+,26-. The van der Waals surface area contributed by atoms with Crippen molar-refractivity contribution < 1.29 is 18.8 Å². The summed E-state index contributed by atoms with van der Waals surface area (Å²) in [6.07, 6.45) is 5.24. The molecule has 0 unspecified atom stereocenters. The Bertz CT molecular complexity index is 1060. The molecule has 4 heterocycles. The summed E-state index contributed by atoms with van der Waals surface area (Å²) in [7, 11) is 1.17. The van der Waals surface area contributed by atoms with Crippen LogP contribution in [0.5, 0.6) is 5.88 Å². The van der Waals surface area contributed by atoms with E-state index in [9.17, 15) is 4.79 Å². The summed E-state index contributed by atoms with van der Waals surface area (Å²) < 4.78 is 17.4. The Hall–Kier alpha value is -2.65. The maximum Gasteiger partial charge on any atom is 0.496 e. The van der Waals surface area contributed by atoms with Crippen molar-refractivity contribution >= 4 is 30.0 Å². The van der Waals surface area contributed by atoms with Crippen molar-refractivity contribution in [2.24, 2.45) is 17.3 Å². The van der Waals surface area contributed by atoms with Crippen LogP contribution in [0.15, 0.2) is 36.7 Å². The van der Waals surface area contributed by atoms with Crippen molar-refractivity contribution in [3.8, 4) is 5.88 Å². The number of methoxy groups -OCH3 is 1. The summed E-state index contributed by atoms with van der Waals surface area (Å²) in [4.78, 5) is 24.4. The topological polar surface area (TPSA) is 85.8 Å². The number of pyridine rings is 2. The van der Waals surface area contributed by atoms with Gasteiger partial charge in [0.25, 0.3) is 0 Å². The first-order chi connectivity index (χ1) is 16.5. The summed E-state index contributed by atoms with van der Waals surface area (Å²) in [5.74, 6) is 2.52. The van der Waals surface area contributed by atoms with Gasteiger partial charge in [0.05, 0.1) is 30.2 Å². The third-order valence-electron chi connectivity index (χ3n) is 8.37. The van der Waals surface area contributed by atoms with Crippen molar-refractivity contribution in [3.05, 3.63) is 36.7 Å². The highest BCUT2D eigenvalue weighted by Gasteiger charge is 2.52. The quantitative estimate of drug-likeness (QED) is 0.661. The molecule has 8 nitrogen and oxygen atoms in total. The van der Waals surface area contributed by atoms with E-state index in [1.54, 1.807) is 19.4 Å². The van der Waals surface area contributed by atoms with E-state index in [0.29, 0.717) is 23.4 Å². The summed E-state index contributed by atoms with van der Waals surface area (Å²) >= 11 is 0. The Balaban J connectivity index is 1.19. The lowest BCUT2D eigenvalue weighted by Crippen LogP contribution is -2.41. The first-order valence-electron chi connectivity index (χ1n) is 12.4. The molecule has 3 fully saturated rings. The molecule has 186 valence electrons. The molecule has 1 amide bonds. The fourth-order valence-corrected chi connectivity index (χ4v) is 5.57. The largest absolute Gasteiger partial charge is 0.496 e. The zero-order chi connectivity index (χ0) is 25.0. The highest BCUT2D eigenvalue weighted by molar-refractivity contribution is 6.62. The van der Waals surface area contributed by atoms with Gasteiger partial charge < -0.3 is 24.3 Å². The van der Waals surface area contributed by atoms with E-state index >= 15 is 0 Å². The molecular formula is C26H35BN4O4. The molecule has 0 bridgehead atoms. The zero-order valence-electron chi connectivity index (χ0n) is 21.5. The van der Waals surface area contributed by atoms with Crippen LogP contribution in [0.25, 0.3) is 0 Å². The molecule has 0 aromatic carbocycles. The number of ether oxygens (including phenoxy) is 1. The Labute approximate surface area is 207 Å². The average molecular weight is 478 g/mol. The number of nitrogens with one attached hydrogen (secondary N) is 1. The Morgan fingerprint density at radius 3 is 2.17 bits per heavy atom. The van der Waals surface area contributed by atoms with Crippen LogP contribution in [-0.2, 0) is 14.1 Å². The van der Waals surface area contributed by atoms with Crippen LogP contribution in [0.4, 0.5) is 11.5 Å². The fourth-order valence-electron chi connectivity index (χ4n) is 5.57. The molecule has 1 saturated carbocycles. The molecule has 3 aliphatic rings. The second-order valence-electron chi connectivity index (χ2n) is 11.5. The van der Waals surface area contributed by atoms with Crippen LogP contribution >= 0.6 is 0 Å². The minimum absolute atomic E-state index is 0.0651. The van der Waals surface area contributed by atoms with Crippen molar-refractivity contribution in [1.29, 1.82) is 0 Å². The van der Waals surface area contributed by atoms with Gasteiger partial charge in [-0.15, -0.1) is 0 Å². The average Bonchev–Trinajstić information content (AvgIpc) is 3.41. The van der Waals surface area contributed by atoms with Gasteiger partial charge >= 0.3 is 7.12 Å². The monoisotopic (exact) mass is 478 g/mol. The first-order valence-corrected chi connectivity index (χ1v) is 12.4. The van der Waals surface area contributed by atoms with E-state index in [-0.39, 0.29) is 22.5 Å². The molecule has 2 saturated heterocycles. The van der Waals surface area contributed by atoms with Gasteiger partial charge in [-0.25, -0.2) is 9.97 Å². The van der Waals surface area contributed by atoms with Gasteiger partial charge in [0, 0.05) is 36.2 Å². The van der Waals surface area contributed by atoms with Gasteiger partial charge in [0.2, 0.25) is 11.8 Å². The summed E-state index contributed by atoms with van der Waals surface area (Å²) in [6, 6.07) is 7.69. The van der Waals surface area contributed by atoms with Gasteiger partial charge in [-0.2, -0.15) is 0 Å². The Morgan fingerprint density at radius 1 is 1.00 bits per heavy atom. The number of nitrogens with zero attached hydrogens (tertiary/aromatic N) is 3. The number of hydrogen-bond acceptors (Lipinski definition) is 7. The van der Waals surface area contributed by atoms with E-state index in [1.807, 2.05) is 12.3 Å². The number of hydrogen-bond donors (Lipinski definition) is 1. The summed E-state index contributed by atoms with van der Waals surface area (Å²) in [5, 5.41) is 3.05. The molecule has 35 heavy (non-hydrogen) atoms. The number of rotatable bonds is 5. The minimum Gasteiger partial charge on any atom is -0.481 e. The maximum atomic E-state index is 13.1. The van der Waals surface area contributed by atoms with Gasteiger partial charge in [-0.05, 0) is 64.5 Å². The molecule has 2 aromatic rings. The third-order valence-corrected chi connectivity index (χ3v) is 8.37. The summed E-state index contributed by atoms with van der Waals surface area (Å²) in [5.41, 5.74) is 0.512. The molecule has 1 N–H and O–H groups in total. The molecule has 0 spiro atoms. The normalized spacial score (nSPS) is 28.7. The molecule has 1 aliphatic carbocycles. The van der Waals surface area contributed by atoms with Crippen molar-refractivity contribution in [3.63, 3.8) is 0 Å². The maximum absolute atomic E-state index is 13.1. The number of anilines is 2. The fraction of sp³-hybridized carbons (Fsp3) is 0.577. The van der Waals surface area contributed by atoms with Crippen LogP contribution in [-0.4, -0.2) is 54.4 Å². The highest BCUT2D eigenvalue weighted by Crippen LogP contribution is 2.50. The first kappa shape index (κ1) is 24.1. The van der Waals surface area contributed by atoms with E-state index in [2.05, 4.69) is 62.0 Å². The number of fused-ring (bicyclic) bond motifs is 1. The molecule has 2 aliphatic heterocycles. The van der Waals surface area contributed by atoms with E-state index in [0.717, 1.165) is 37.2 Å². The van der Waals surface area contributed by atoms with Gasteiger partial charge in [-0.3, -0.25) is 4.79 Å². The number of amides is 1. The van der Waals surface area contributed by atoms with Crippen LogP contribution in [0.1, 0.15) is 47.5 Å². The van der Waals surface area contributed by atoms with Crippen molar-refractivity contribution in [2.75, 3.05) is 30.4 Å². The molecule has 2 aromatic heterocycles. The second kappa shape index (κ2) is 8.48. The molecule has 3 atom stereocenters. The van der Waals surface area contributed by atoms with E-state index in [1.165, 1.54) is 0 Å². The lowest BCUT2D eigenvalue weighted by molar-refractivity contribution is -0.124. The minimum atomic E-state index is -0.403. The van der Waals surface area contributed by atoms with Crippen molar-refractivity contribution in [2.45, 2.75) is 58.7 Å². The lowest BCUT2D eigenvalue weighted by atomic mass is 9.80. The van der Waals surface area contributed by atoms with Gasteiger partial charge in [-0.1, -0.05) is 13.0 Å². The molecule has 5 rings (SSSR count). The SMILES string of the molecule is COc1ccc(NC(=O)[C@@]2(C)C[C@H]3CN(c4ccc(B5OC(C)(C)C(C)(C)O5)cn4)C[C@H]3C2)cn1. The van der Waals surface area contributed by atoms with Crippen LogP contribution in [0.2, 0.25) is 0 Å². The number of carbonyl (C=O) groups excluding carboxylic acids is 1. The molecule has 0 radical (unpaired) electrons. The predicted molar refractivity (Wildman–Crippen MR) is 136 cm³/mol. The van der Waals surface area contributed by atoms with Crippen LogP contribution in [0, 0.1) is 17.3 Å². The third kappa shape index (κ3) is 4.40. The Kier molecular flexibility index (Phi) is 5.83. The van der Waals surface area contributed by atoms with Gasteiger partial charge in [0.1, 0.15) is 5.82 Å². The zero-order valence-corrected chi connectivity index (χ0v) is 21.5. The van der Waals surface area contributed by atoms with Gasteiger partial charge in [0.15, 0.2) is 0 Å². The predicted octanol–water partition coefficient (Wildman–Crippen LogP) is 3.28.